The lowest BCUT2D eigenvalue weighted by Gasteiger charge is -2.33. The van der Waals surface area contributed by atoms with E-state index >= 15 is 0 Å². The van der Waals surface area contributed by atoms with Gasteiger partial charge in [0.1, 0.15) is 49.4 Å². The van der Waals surface area contributed by atoms with Crippen molar-refractivity contribution in [3.8, 4) is 0 Å². The Morgan fingerprint density at radius 1 is 1.08 bits per heavy atom. The zero-order chi connectivity index (χ0) is 27.0. The lowest BCUT2D eigenvalue weighted by molar-refractivity contribution is -0.259. The molecule has 0 radical (unpaired) electrons. The minimum atomic E-state index is -5.91. The largest absolute Gasteiger partial charge is 0.756 e. The summed E-state index contributed by atoms with van der Waals surface area (Å²) in [4.78, 5) is 48.8. The van der Waals surface area contributed by atoms with Gasteiger partial charge in [-0.05, 0) is 0 Å². The number of H-pyrrole nitrogens is 1. The first-order valence-corrected chi connectivity index (χ1v) is 12.8. The molecule has 36 heavy (non-hydrogen) atoms. The SMILES string of the molecule is O=c1ccn([C@@H]2O[C@H](COP(=O)([O-])OP(=O)([O-])O[C@H]3O[C@@H]([C@H](O)CF)[C@H](O)[C@H]3O)[C@@H](O)[C@H]2O)c(=O)[nH]1. The highest BCUT2D eigenvalue weighted by Crippen LogP contribution is 2.57. The summed E-state index contributed by atoms with van der Waals surface area (Å²) in [5, 5.41) is 49.0. The second-order valence-electron chi connectivity index (χ2n) is 7.61. The summed E-state index contributed by atoms with van der Waals surface area (Å²) in [6.07, 6.45) is -16.1. The summed E-state index contributed by atoms with van der Waals surface area (Å²) in [5.41, 5.74) is -1.79. The van der Waals surface area contributed by atoms with Crippen molar-refractivity contribution < 1.29 is 71.7 Å². The van der Waals surface area contributed by atoms with E-state index in [0.29, 0.717) is 4.57 Å². The fraction of sp³-hybridized carbons (Fsp3) is 0.733. The Labute approximate surface area is 199 Å². The smallest absolute Gasteiger partial charge is 0.330 e. The molecule has 206 valence electrons. The number of hydrogen-bond acceptors (Lipinski definition) is 16. The standard InChI is InChI=1S/C15H23FN2O16P2/c16-3-5(19)12-9(22)11(24)14(32-12)33-36(28,29)34-35(26,27)30-4-6-8(21)10(23)13(31-6)18-2-1-7(20)17-15(18)25/h1-2,5-6,8-14,19,21-24H,3-4H2,(H,26,27)(H,28,29)(H,17,20,25)/p-2/t5-,6-,8-,9-,10-,11-,12+,13-,14-/m1/s1. The fourth-order valence-corrected chi connectivity index (χ4v) is 5.43. The molecule has 21 heteroatoms. The number of aromatic nitrogens is 2. The number of phosphoric ester groups is 2. The van der Waals surface area contributed by atoms with Crippen LogP contribution in [-0.2, 0) is 32.0 Å². The molecule has 3 rings (SSSR count). The molecule has 2 saturated heterocycles. The van der Waals surface area contributed by atoms with E-state index in [1.807, 2.05) is 4.98 Å². The molecule has 0 aliphatic carbocycles. The predicted molar refractivity (Wildman–Crippen MR) is 103 cm³/mol. The maximum atomic E-state index is 12.6. The number of nitrogens with one attached hydrogen (secondary N) is 1. The molecule has 2 aliphatic heterocycles. The van der Waals surface area contributed by atoms with Crippen LogP contribution in [0.25, 0.3) is 0 Å². The van der Waals surface area contributed by atoms with Crippen LogP contribution in [0.15, 0.2) is 21.9 Å². The average Bonchev–Trinajstić information content (AvgIpc) is 3.21. The number of phosphoric acid groups is 2. The van der Waals surface area contributed by atoms with Crippen molar-refractivity contribution in [1.82, 2.24) is 9.55 Å². The van der Waals surface area contributed by atoms with Gasteiger partial charge in [-0.25, -0.2) is 13.5 Å². The molecule has 0 saturated carbocycles. The minimum Gasteiger partial charge on any atom is -0.756 e. The van der Waals surface area contributed by atoms with E-state index in [1.54, 1.807) is 0 Å². The molecule has 3 heterocycles. The molecule has 11 atom stereocenters. The topological polar surface area (TPSA) is 282 Å². The van der Waals surface area contributed by atoms with Crippen LogP contribution >= 0.6 is 15.6 Å². The average molecular weight is 566 g/mol. The van der Waals surface area contributed by atoms with Crippen molar-refractivity contribution >= 4 is 15.6 Å². The number of nitrogens with zero attached hydrogens (tertiary/aromatic N) is 1. The zero-order valence-corrected chi connectivity index (χ0v) is 19.5. The highest BCUT2D eigenvalue weighted by Gasteiger charge is 2.48. The predicted octanol–water partition coefficient (Wildman–Crippen LogP) is -5.08. The van der Waals surface area contributed by atoms with Crippen molar-refractivity contribution in [1.29, 1.82) is 0 Å². The molecule has 1 aromatic heterocycles. The van der Waals surface area contributed by atoms with Gasteiger partial charge in [-0.1, -0.05) is 0 Å². The summed E-state index contributed by atoms with van der Waals surface area (Å²) in [7, 11) is -11.7. The molecule has 0 bridgehead atoms. The first-order chi connectivity index (χ1) is 16.7. The number of rotatable bonds is 10. The third kappa shape index (κ3) is 6.53. The summed E-state index contributed by atoms with van der Waals surface area (Å²) in [6, 6.07) is 0.906. The molecule has 6 N–H and O–H groups in total. The number of halogens is 1. The third-order valence-corrected chi connectivity index (χ3v) is 7.62. The highest BCUT2D eigenvalue weighted by atomic mass is 31.3. The van der Waals surface area contributed by atoms with Crippen LogP contribution in [-0.4, -0.2) is 97.4 Å². The van der Waals surface area contributed by atoms with Crippen LogP contribution in [0.5, 0.6) is 0 Å². The van der Waals surface area contributed by atoms with Crippen molar-refractivity contribution in [2.45, 2.75) is 55.2 Å². The number of alkyl halides is 1. The quantitative estimate of drug-likeness (QED) is 0.144. The molecular formula is C15H21FN2O16P2-2. The van der Waals surface area contributed by atoms with Gasteiger partial charge in [0.15, 0.2) is 12.5 Å². The first-order valence-electron chi connectivity index (χ1n) is 9.91. The van der Waals surface area contributed by atoms with Gasteiger partial charge in [0.25, 0.3) is 21.2 Å². The van der Waals surface area contributed by atoms with E-state index < -0.39 is 95.4 Å². The van der Waals surface area contributed by atoms with Crippen LogP contribution < -0.4 is 21.0 Å². The molecule has 1 aromatic rings. The van der Waals surface area contributed by atoms with E-state index in [-0.39, 0.29) is 0 Å². The van der Waals surface area contributed by atoms with Crippen molar-refractivity contribution in [3.63, 3.8) is 0 Å². The Morgan fingerprint density at radius 3 is 2.36 bits per heavy atom. The monoisotopic (exact) mass is 566 g/mol. The van der Waals surface area contributed by atoms with Gasteiger partial charge in [-0.3, -0.25) is 28.0 Å². The normalized spacial score (nSPS) is 36.9. The van der Waals surface area contributed by atoms with Gasteiger partial charge in [0, 0.05) is 12.3 Å². The van der Waals surface area contributed by atoms with Gasteiger partial charge < -0.3 is 49.3 Å². The summed E-state index contributed by atoms with van der Waals surface area (Å²) in [5.74, 6) is 0. The lowest BCUT2D eigenvalue weighted by atomic mass is 10.1. The summed E-state index contributed by atoms with van der Waals surface area (Å²) >= 11 is 0. The van der Waals surface area contributed by atoms with Crippen LogP contribution in [0, 0.1) is 0 Å². The summed E-state index contributed by atoms with van der Waals surface area (Å²) < 4.78 is 59.4. The third-order valence-electron chi connectivity index (χ3n) is 5.09. The Bertz CT molecular complexity index is 1130. The van der Waals surface area contributed by atoms with Crippen LogP contribution in [0.1, 0.15) is 6.23 Å². The Morgan fingerprint density at radius 2 is 1.75 bits per heavy atom. The van der Waals surface area contributed by atoms with E-state index in [9.17, 15) is 58.4 Å². The van der Waals surface area contributed by atoms with Gasteiger partial charge in [0.2, 0.25) is 0 Å². The van der Waals surface area contributed by atoms with Crippen molar-refractivity contribution in [3.05, 3.63) is 33.1 Å². The Kier molecular flexibility index (Phi) is 9.02. The van der Waals surface area contributed by atoms with Crippen LogP contribution in [0.3, 0.4) is 0 Å². The minimum absolute atomic E-state index is 0.691. The van der Waals surface area contributed by atoms with Crippen molar-refractivity contribution in [2.24, 2.45) is 0 Å². The fourth-order valence-electron chi connectivity index (χ4n) is 3.35. The van der Waals surface area contributed by atoms with E-state index in [4.69, 9.17) is 9.47 Å². The van der Waals surface area contributed by atoms with Gasteiger partial charge in [0.05, 0.1) is 6.61 Å². The molecule has 2 unspecified atom stereocenters. The summed E-state index contributed by atoms with van der Waals surface area (Å²) in [6.45, 7) is -2.56. The number of aliphatic hydroxyl groups is 5. The number of hydrogen-bond donors (Lipinski definition) is 6. The van der Waals surface area contributed by atoms with Gasteiger partial charge >= 0.3 is 5.69 Å². The zero-order valence-electron chi connectivity index (χ0n) is 17.7. The second-order valence-corrected chi connectivity index (χ2v) is 10.5. The number of ether oxygens (including phenoxy) is 2. The molecule has 0 amide bonds. The second kappa shape index (κ2) is 11.1. The van der Waals surface area contributed by atoms with E-state index in [2.05, 4.69) is 13.4 Å². The Balaban J connectivity index is 1.60. The molecule has 18 nitrogen and oxygen atoms in total. The number of aromatic amines is 1. The highest BCUT2D eigenvalue weighted by molar-refractivity contribution is 7.59. The molecular weight excluding hydrogens is 545 g/mol. The maximum Gasteiger partial charge on any atom is 0.330 e. The lowest BCUT2D eigenvalue weighted by Crippen LogP contribution is -2.39. The van der Waals surface area contributed by atoms with Crippen molar-refractivity contribution in [2.75, 3.05) is 13.3 Å². The molecule has 2 aliphatic rings. The first kappa shape index (κ1) is 29.2. The Hall–Kier alpha value is -1.41. The molecule has 2 fully saturated rings. The molecule has 0 spiro atoms. The van der Waals surface area contributed by atoms with E-state index in [1.165, 1.54) is 0 Å². The van der Waals surface area contributed by atoms with Crippen LogP contribution in [0.4, 0.5) is 4.39 Å². The van der Waals surface area contributed by atoms with Gasteiger partial charge in [-0.2, -0.15) is 0 Å². The molecule has 0 aromatic carbocycles. The van der Waals surface area contributed by atoms with E-state index in [0.717, 1.165) is 12.3 Å². The maximum absolute atomic E-state index is 12.6. The van der Waals surface area contributed by atoms with Crippen LogP contribution in [0.2, 0.25) is 0 Å². The van der Waals surface area contributed by atoms with Gasteiger partial charge in [-0.15, -0.1) is 0 Å². The number of aliphatic hydroxyl groups excluding tert-OH is 5.